The second-order valence-corrected chi connectivity index (χ2v) is 5.73. The first kappa shape index (κ1) is 13.0. The molecule has 2 atom stereocenters. The van der Waals surface area contributed by atoms with E-state index in [-0.39, 0.29) is 12.1 Å². The zero-order valence-electron chi connectivity index (χ0n) is 10.7. The molecule has 1 aliphatic heterocycles. The van der Waals surface area contributed by atoms with Crippen molar-refractivity contribution in [3.63, 3.8) is 0 Å². The Hall–Kier alpha value is -0.410. The number of aliphatic hydroxyl groups is 1. The smallest absolute Gasteiger partial charge is 0.137 e. The SMILES string of the molecule is O=CC1CCCCN1CC(O)CC1CCCC1. The Bertz CT molecular complexity index is 238. The average Bonchev–Trinajstić information content (AvgIpc) is 2.82. The number of nitrogens with zero attached hydrogens (tertiary/aromatic N) is 1. The Morgan fingerprint density at radius 3 is 2.59 bits per heavy atom. The number of carbonyl (C=O) groups excluding carboxylic acids is 1. The second kappa shape index (κ2) is 6.50. The van der Waals surface area contributed by atoms with Gasteiger partial charge in [0.15, 0.2) is 0 Å². The molecular formula is C14H25NO2. The van der Waals surface area contributed by atoms with Gasteiger partial charge in [-0.1, -0.05) is 32.1 Å². The van der Waals surface area contributed by atoms with Crippen molar-refractivity contribution in [3.05, 3.63) is 0 Å². The molecule has 0 aromatic carbocycles. The fourth-order valence-electron chi connectivity index (χ4n) is 3.37. The van der Waals surface area contributed by atoms with E-state index in [1.165, 1.54) is 32.1 Å². The van der Waals surface area contributed by atoms with Crippen LogP contribution in [0.3, 0.4) is 0 Å². The number of hydrogen-bond donors (Lipinski definition) is 1. The minimum absolute atomic E-state index is 0.0574. The lowest BCUT2D eigenvalue weighted by Crippen LogP contribution is -2.44. The highest BCUT2D eigenvalue weighted by atomic mass is 16.3. The first-order chi connectivity index (χ1) is 8.29. The molecule has 0 aromatic heterocycles. The largest absolute Gasteiger partial charge is 0.392 e. The molecule has 2 aliphatic rings. The highest BCUT2D eigenvalue weighted by Gasteiger charge is 2.25. The van der Waals surface area contributed by atoms with E-state index >= 15 is 0 Å². The maximum Gasteiger partial charge on any atom is 0.137 e. The van der Waals surface area contributed by atoms with Crippen LogP contribution in [0.4, 0.5) is 0 Å². The molecule has 98 valence electrons. The van der Waals surface area contributed by atoms with Crippen molar-refractivity contribution >= 4 is 6.29 Å². The van der Waals surface area contributed by atoms with Crippen molar-refractivity contribution in [3.8, 4) is 0 Å². The van der Waals surface area contributed by atoms with Crippen molar-refractivity contribution in [1.29, 1.82) is 0 Å². The number of aliphatic hydroxyl groups excluding tert-OH is 1. The van der Waals surface area contributed by atoms with E-state index in [0.717, 1.165) is 38.0 Å². The molecule has 1 aliphatic carbocycles. The van der Waals surface area contributed by atoms with Gasteiger partial charge < -0.3 is 9.90 Å². The third-order valence-corrected chi connectivity index (χ3v) is 4.35. The maximum absolute atomic E-state index is 11.0. The van der Waals surface area contributed by atoms with Crippen LogP contribution in [0.5, 0.6) is 0 Å². The quantitative estimate of drug-likeness (QED) is 0.746. The van der Waals surface area contributed by atoms with Crippen LogP contribution in [0, 0.1) is 5.92 Å². The summed E-state index contributed by atoms with van der Waals surface area (Å²) in [6.45, 7) is 1.67. The summed E-state index contributed by atoms with van der Waals surface area (Å²) >= 11 is 0. The van der Waals surface area contributed by atoms with Gasteiger partial charge in [-0.15, -0.1) is 0 Å². The lowest BCUT2D eigenvalue weighted by atomic mass is 9.98. The summed E-state index contributed by atoms with van der Waals surface area (Å²) in [6, 6.07) is 0.0574. The Labute approximate surface area is 104 Å². The van der Waals surface area contributed by atoms with Gasteiger partial charge in [0.25, 0.3) is 0 Å². The molecule has 2 rings (SSSR count). The standard InChI is InChI=1S/C14H25NO2/c16-11-13-7-3-4-8-15(13)10-14(17)9-12-5-1-2-6-12/h11-14,17H,1-10H2. The molecule has 2 fully saturated rings. The predicted molar refractivity (Wildman–Crippen MR) is 67.9 cm³/mol. The van der Waals surface area contributed by atoms with Gasteiger partial charge in [-0.05, 0) is 31.7 Å². The molecule has 1 saturated carbocycles. The number of likely N-dealkylation sites (tertiary alicyclic amines) is 1. The monoisotopic (exact) mass is 239 g/mol. The number of carbonyl (C=O) groups is 1. The van der Waals surface area contributed by atoms with Gasteiger partial charge in [0.2, 0.25) is 0 Å². The van der Waals surface area contributed by atoms with Crippen LogP contribution in [-0.4, -0.2) is 41.5 Å². The molecule has 0 spiro atoms. The number of hydrogen-bond acceptors (Lipinski definition) is 3. The molecule has 0 amide bonds. The third kappa shape index (κ3) is 3.78. The lowest BCUT2D eigenvalue weighted by Gasteiger charge is -2.34. The van der Waals surface area contributed by atoms with E-state index in [2.05, 4.69) is 4.90 Å². The summed E-state index contributed by atoms with van der Waals surface area (Å²) in [5.74, 6) is 0.726. The third-order valence-electron chi connectivity index (χ3n) is 4.35. The van der Waals surface area contributed by atoms with Crippen LogP contribution < -0.4 is 0 Å². The van der Waals surface area contributed by atoms with Crippen molar-refractivity contribution in [2.24, 2.45) is 5.92 Å². The van der Waals surface area contributed by atoms with E-state index in [1.807, 2.05) is 0 Å². The highest BCUT2D eigenvalue weighted by molar-refractivity contribution is 5.57. The topological polar surface area (TPSA) is 40.5 Å². The summed E-state index contributed by atoms with van der Waals surface area (Å²) < 4.78 is 0. The molecule has 1 heterocycles. The number of piperidine rings is 1. The Morgan fingerprint density at radius 2 is 1.88 bits per heavy atom. The van der Waals surface area contributed by atoms with Gasteiger partial charge in [-0.25, -0.2) is 0 Å². The number of rotatable bonds is 5. The first-order valence-corrected chi connectivity index (χ1v) is 7.17. The van der Waals surface area contributed by atoms with E-state index < -0.39 is 0 Å². The van der Waals surface area contributed by atoms with Crippen molar-refractivity contribution in [2.75, 3.05) is 13.1 Å². The molecule has 0 radical (unpaired) electrons. The van der Waals surface area contributed by atoms with Crippen LogP contribution in [-0.2, 0) is 4.79 Å². The van der Waals surface area contributed by atoms with Crippen molar-refractivity contribution < 1.29 is 9.90 Å². The summed E-state index contributed by atoms with van der Waals surface area (Å²) in [7, 11) is 0. The van der Waals surface area contributed by atoms with Crippen LogP contribution in [0.25, 0.3) is 0 Å². The van der Waals surface area contributed by atoms with Gasteiger partial charge in [-0.2, -0.15) is 0 Å². The number of β-amino-alcohol motifs (C(OH)–C–C–N with tert-alkyl or cyclic N) is 1. The van der Waals surface area contributed by atoms with Crippen molar-refractivity contribution in [1.82, 2.24) is 4.90 Å². The fraction of sp³-hybridized carbons (Fsp3) is 0.929. The Balaban J connectivity index is 1.75. The minimum Gasteiger partial charge on any atom is -0.392 e. The molecule has 3 heteroatoms. The Kier molecular flexibility index (Phi) is 4.99. The molecule has 3 nitrogen and oxygen atoms in total. The normalized spacial score (nSPS) is 29.4. The molecule has 1 N–H and O–H groups in total. The highest BCUT2D eigenvalue weighted by Crippen LogP contribution is 2.29. The van der Waals surface area contributed by atoms with Crippen LogP contribution in [0.1, 0.15) is 51.4 Å². The summed E-state index contributed by atoms with van der Waals surface area (Å²) in [4.78, 5) is 13.1. The zero-order valence-corrected chi connectivity index (χ0v) is 10.7. The van der Waals surface area contributed by atoms with Gasteiger partial charge in [0.1, 0.15) is 6.29 Å². The van der Waals surface area contributed by atoms with Gasteiger partial charge in [-0.3, -0.25) is 4.90 Å². The molecular weight excluding hydrogens is 214 g/mol. The molecule has 17 heavy (non-hydrogen) atoms. The zero-order chi connectivity index (χ0) is 12.1. The van der Waals surface area contributed by atoms with Gasteiger partial charge in [0.05, 0.1) is 12.1 Å². The molecule has 0 aromatic rings. The molecule has 1 saturated heterocycles. The van der Waals surface area contributed by atoms with E-state index in [9.17, 15) is 9.90 Å². The van der Waals surface area contributed by atoms with E-state index in [4.69, 9.17) is 0 Å². The summed E-state index contributed by atoms with van der Waals surface area (Å²) in [5.41, 5.74) is 0. The van der Waals surface area contributed by atoms with Gasteiger partial charge >= 0.3 is 0 Å². The maximum atomic E-state index is 11.0. The van der Waals surface area contributed by atoms with Crippen LogP contribution in [0.15, 0.2) is 0 Å². The Morgan fingerprint density at radius 1 is 1.18 bits per heavy atom. The van der Waals surface area contributed by atoms with Crippen molar-refractivity contribution in [2.45, 2.75) is 63.5 Å². The molecule has 0 bridgehead atoms. The van der Waals surface area contributed by atoms with Gasteiger partial charge in [0, 0.05) is 6.54 Å². The van der Waals surface area contributed by atoms with E-state index in [0.29, 0.717) is 6.54 Å². The second-order valence-electron chi connectivity index (χ2n) is 5.73. The van der Waals surface area contributed by atoms with Crippen LogP contribution in [0.2, 0.25) is 0 Å². The number of aldehydes is 1. The first-order valence-electron chi connectivity index (χ1n) is 7.17. The predicted octanol–water partition coefficient (Wildman–Crippen LogP) is 1.98. The summed E-state index contributed by atoms with van der Waals surface area (Å²) in [6.07, 6.45) is 10.3. The fourth-order valence-corrected chi connectivity index (χ4v) is 3.37. The molecule has 2 unspecified atom stereocenters. The van der Waals surface area contributed by atoms with E-state index in [1.54, 1.807) is 0 Å². The summed E-state index contributed by atoms with van der Waals surface area (Å²) in [5, 5.41) is 10.1. The minimum atomic E-state index is -0.237. The average molecular weight is 239 g/mol. The van der Waals surface area contributed by atoms with Crippen LogP contribution >= 0.6 is 0 Å². The lowest BCUT2D eigenvalue weighted by molar-refractivity contribution is -0.114.